The molecule has 0 fully saturated rings. The minimum Gasteiger partial charge on any atom is -0.458 e. The third-order valence-electron chi connectivity index (χ3n) is 2.25. The lowest BCUT2D eigenvalue weighted by atomic mass is 10.1. The molecule has 3 nitrogen and oxygen atoms in total. The minimum atomic E-state index is -1.51. The van der Waals surface area contributed by atoms with Crippen molar-refractivity contribution in [3.8, 4) is 0 Å². The highest BCUT2D eigenvalue weighted by Crippen LogP contribution is 2.16. The third kappa shape index (κ3) is 10.7. The van der Waals surface area contributed by atoms with Gasteiger partial charge in [0.2, 0.25) is 5.91 Å². The predicted octanol–water partition coefficient (Wildman–Crippen LogP) is 2.89. The van der Waals surface area contributed by atoms with Gasteiger partial charge in [0.05, 0.1) is 0 Å². The first-order chi connectivity index (χ1) is 7.52. The average molecular weight is 276 g/mol. The van der Waals surface area contributed by atoms with Crippen LogP contribution in [0.4, 0.5) is 0 Å². The second-order valence-corrected chi connectivity index (χ2v) is 13.6. The van der Waals surface area contributed by atoms with Crippen LogP contribution in [-0.4, -0.2) is 28.8 Å². The summed E-state index contributed by atoms with van der Waals surface area (Å²) < 4.78 is 6.07. The predicted molar refractivity (Wildman–Crippen MR) is 79.4 cm³/mol. The largest absolute Gasteiger partial charge is 0.458 e. The zero-order chi connectivity index (χ0) is 13.7. The highest BCUT2D eigenvalue weighted by Gasteiger charge is 2.23. The van der Waals surface area contributed by atoms with Gasteiger partial charge in [-0.2, -0.15) is 0 Å². The Hall–Kier alpha value is -0.136. The van der Waals surface area contributed by atoms with E-state index in [-0.39, 0.29) is 11.4 Å². The molecule has 17 heavy (non-hydrogen) atoms. The highest BCUT2D eigenvalue weighted by molar-refractivity contribution is 6.77. The van der Waals surface area contributed by atoms with Gasteiger partial charge in [-0.25, -0.2) is 0 Å². The van der Waals surface area contributed by atoms with E-state index >= 15 is 0 Å². The summed E-state index contributed by atoms with van der Waals surface area (Å²) in [5.74, 6) is 0.157. The van der Waals surface area contributed by atoms with Gasteiger partial charge in [-0.05, 0) is 59.4 Å². The topological polar surface area (TPSA) is 38.3 Å². The fourth-order valence-electron chi connectivity index (χ4n) is 1.85. The fraction of sp³-hybridized carbons (Fsp3) is 0.917. The number of rotatable bonds is 6. The van der Waals surface area contributed by atoms with Gasteiger partial charge in [0.25, 0.3) is 0 Å². The van der Waals surface area contributed by atoms with E-state index in [2.05, 4.69) is 31.5 Å². The Labute approximate surface area is 109 Å². The number of hydrogen-bond donors (Lipinski definition) is 1. The van der Waals surface area contributed by atoms with Crippen LogP contribution in [0.1, 0.15) is 33.6 Å². The fourth-order valence-corrected chi connectivity index (χ4v) is 8.46. The Bertz CT molecular complexity index is 247. The normalized spacial score (nSPS) is 12.9. The molecule has 0 rings (SSSR count). The molecule has 102 valence electrons. The van der Waals surface area contributed by atoms with Gasteiger partial charge in [0.15, 0.2) is 17.4 Å². The van der Waals surface area contributed by atoms with Gasteiger partial charge in [0, 0.05) is 12.0 Å². The first-order valence-corrected chi connectivity index (χ1v) is 12.4. The maximum atomic E-state index is 11.6. The van der Waals surface area contributed by atoms with Crippen molar-refractivity contribution >= 4 is 23.3 Å². The Morgan fingerprint density at radius 2 is 1.82 bits per heavy atom. The second kappa shape index (κ2) is 6.70. The van der Waals surface area contributed by atoms with Crippen LogP contribution >= 0.6 is 0 Å². The molecule has 0 aromatic rings. The molecular formula is C12H29NO2Si2. The summed E-state index contributed by atoms with van der Waals surface area (Å²) in [5, 5.41) is 2.99. The summed E-state index contributed by atoms with van der Waals surface area (Å²) in [5.41, 5.74) is -0.120. The molecule has 0 spiro atoms. The summed E-state index contributed by atoms with van der Waals surface area (Å²) in [7, 11) is -2.45. The van der Waals surface area contributed by atoms with Crippen molar-refractivity contribution < 1.29 is 8.91 Å². The van der Waals surface area contributed by atoms with E-state index < -0.39 is 17.4 Å². The SMILES string of the molecule is C[SiH](C)O[Si](C)(C)CCCC(=O)NC(C)(C)C. The van der Waals surface area contributed by atoms with Crippen LogP contribution in [0.25, 0.3) is 0 Å². The van der Waals surface area contributed by atoms with Crippen LogP contribution in [0.15, 0.2) is 0 Å². The van der Waals surface area contributed by atoms with Crippen LogP contribution in [0.5, 0.6) is 0 Å². The molecule has 0 radical (unpaired) electrons. The Balaban J connectivity index is 3.87. The first kappa shape index (κ1) is 16.9. The summed E-state index contributed by atoms with van der Waals surface area (Å²) in [6.45, 7) is 15.0. The molecule has 0 aromatic carbocycles. The first-order valence-electron chi connectivity index (χ1n) is 6.51. The van der Waals surface area contributed by atoms with Gasteiger partial charge in [-0.3, -0.25) is 4.79 Å². The number of amides is 1. The summed E-state index contributed by atoms with van der Waals surface area (Å²) in [6, 6.07) is 1.08. The number of nitrogens with one attached hydrogen (secondary N) is 1. The lowest BCUT2D eigenvalue weighted by molar-refractivity contribution is -0.122. The van der Waals surface area contributed by atoms with E-state index in [4.69, 9.17) is 4.12 Å². The van der Waals surface area contributed by atoms with Crippen molar-refractivity contribution in [1.82, 2.24) is 5.32 Å². The molecule has 0 aliphatic rings. The molecule has 0 bridgehead atoms. The van der Waals surface area contributed by atoms with Crippen molar-refractivity contribution in [2.24, 2.45) is 0 Å². The second-order valence-electron chi connectivity index (χ2n) is 6.58. The van der Waals surface area contributed by atoms with E-state index in [1.54, 1.807) is 0 Å². The molecule has 0 aliphatic carbocycles. The molecule has 0 saturated heterocycles. The van der Waals surface area contributed by atoms with Crippen LogP contribution in [0.2, 0.25) is 32.2 Å². The number of hydrogen-bond acceptors (Lipinski definition) is 2. The standard InChI is InChI=1S/C12H29NO2Si2/c1-12(2,3)13-11(14)9-8-10-17(6,7)15-16(4)5/h16H,8-10H2,1-7H3,(H,13,14). The smallest absolute Gasteiger partial charge is 0.220 e. The molecule has 1 N–H and O–H groups in total. The van der Waals surface area contributed by atoms with Crippen molar-refractivity contribution in [3.63, 3.8) is 0 Å². The maximum Gasteiger partial charge on any atom is 0.220 e. The van der Waals surface area contributed by atoms with Crippen LogP contribution in [0, 0.1) is 0 Å². The molecule has 0 unspecified atom stereocenters. The van der Waals surface area contributed by atoms with E-state index in [0.717, 1.165) is 12.5 Å². The van der Waals surface area contributed by atoms with Crippen LogP contribution in [0.3, 0.4) is 0 Å². The Morgan fingerprint density at radius 3 is 2.24 bits per heavy atom. The number of carbonyl (C=O) groups is 1. The lowest BCUT2D eigenvalue weighted by Gasteiger charge is -2.26. The number of carbonyl (C=O) groups excluding carboxylic acids is 1. The van der Waals surface area contributed by atoms with Gasteiger partial charge in [0.1, 0.15) is 0 Å². The van der Waals surface area contributed by atoms with Gasteiger partial charge < -0.3 is 9.43 Å². The average Bonchev–Trinajstić information content (AvgIpc) is 1.95. The van der Waals surface area contributed by atoms with E-state index in [9.17, 15) is 4.79 Å². The molecule has 0 aromatic heterocycles. The van der Waals surface area contributed by atoms with E-state index in [1.807, 2.05) is 20.8 Å². The molecule has 0 saturated carbocycles. The molecule has 1 amide bonds. The zero-order valence-electron chi connectivity index (χ0n) is 12.5. The third-order valence-corrected chi connectivity index (χ3v) is 8.25. The molecular weight excluding hydrogens is 246 g/mol. The van der Waals surface area contributed by atoms with Gasteiger partial charge in [-0.1, -0.05) is 0 Å². The molecule has 5 heteroatoms. The minimum absolute atomic E-state index is 0.120. The monoisotopic (exact) mass is 275 g/mol. The molecule has 0 atom stereocenters. The van der Waals surface area contributed by atoms with Gasteiger partial charge >= 0.3 is 0 Å². The summed E-state index contributed by atoms with van der Waals surface area (Å²) in [4.78, 5) is 11.6. The summed E-state index contributed by atoms with van der Waals surface area (Å²) >= 11 is 0. The highest BCUT2D eigenvalue weighted by atomic mass is 28.4. The Morgan fingerprint density at radius 1 is 1.29 bits per heavy atom. The van der Waals surface area contributed by atoms with Gasteiger partial charge in [-0.15, -0.1) is 0 Å². The van der Waals surface area contributed by atoms with E-state index in [1.165, 1.54) is 0 Å². The van der Waals surface area contributed by atoms with Crippen LogP contribution < -0.4 is 5.32 Å². The van der Waals surface area contributed by atoms with E-state index in [0.29, 0.717) is 6.42 Å². The van der Waals surface area contributed by atoms with Crippen LogP contribution in [-0.2, 0) is 8.91 Å². The molecule has 0 heterocycles. The zero-order valence-corrected chi connectivity index (χ0v) is 14.7. The lowest BCUT2D eigenvalue weighted by Crippen LogP contribution is -2.41. The van der Waals surface area contributed by atoms with Crippen molar-refractivity contribution in [2.45, 2.75) is 71.4 Å². The maximum absolute atomic E-state index is 11.6. The van der Waals surface area contributed by atoms with Crippen molar-refractivity contribution in [1.29, 1.82) is 0 Å². The quantitative estimate of drug-likeness (QED) is 0.757. The summed E-state index contributed by atoms with van der Waals surface area (Å²) in [6.07, 6.45) is 1.57. The Kier molecular flexibility index (Phi) is 6.65. The molecule has 0 aliphatic heterocycles. The van der Waals surface area contributed by atoms with Crippen molar-refractivity contribution in [2.75, 3.05) is 0 Å². The van der Waals surface area contributed by atoms with Crippen molar-refractivity contribution in [3.05, 3.63) is 0 Å².